The number of likely N-dealkylation sites (tertiary alicyclic amines) is 1. The highest BCUT2D eigenvalue weighted by molar-refractivity contribution is 5.92. The molecule has 1 amide bonds. The molecule has 0 bridgehead atoms. The van der Waals surface area contributed by atoms with Crippen LogP contribution in [0.1, 0.15) is 34.9 Å². The average molecular weight is 355 g/mol. The predicted molar refractivity (Wildman–Crippen MR) is 80.8 cm³/mol. The molecule has 1 aliphatic heterocycles. The van der Waals surface area contributed by atoms with Crippen LogP contribution in [-0.2, 0) is 6.18 Å². The van der Waals surface area contributed by atoms with Gasteiger partial charge >= 0.3 is 6.18 Å². The second-order valence-corrected chi connectivity index (χ2v) is 5.75. The molecule has 3 heterocycles. The quantitative estimate of drug-likeness (QED) is 0.911. The Hall–Kier alpha value is -2.65. The van der Waals surface area contributed by atoms with Gasteiger partial charge in [-0.2, -0.15) is 13.2 Å². The standard InChI is InChI=1S/C15H16F3N5O2/c1-9-21-11(7-25-9)14(24)23-4-2-10(3-5-23)22-13-6-12(15(16,17)18)19-8-20-13/h6-8,10H,2-5H2,1H3,(H,19,20,22). The zero-order valence-corrected chi connectivity index (χ0v) is 13.4. The number of nitrogens with one attached hydrogen (secondary N) is 1. The van der Waals surface area contributed by atoms with Gasteiger partial charge in [-0.05, 0) is 12.8 Å². The number of aryl methyl sites for hydroxylation is 1. The Bertz CT molecular complexity index is 754. The van der Waals surface area contributed by atoms with E-state index in [0.29, 0.717) is 31.8 Å². The lowest BCUT2D eigenvalue weighted by Gasteiger charge is -2.32. The second-order valence-electron chi connectivity index (χ2n) is 5.75. The van der Waals surface area contributed by atoms with Crippen molar-refractivity contribution >= 4 is 11.7 Å². The minimum absolute atomic E-state index is 0.0703. The molecule has 1 saturated heterocycles. The van der Waals surface area contributed by atoms with E-state index in [1.807, 2.05) is 0 Å². The van der Waals surface area contributed by atoms with E-state index in [4.69, 9.17) is 4.42 Å². The summed E-state index contributed by atoms with van der Waals surface area (Å²) in [4.78, 5) is 25.0. The van der Waals surface area contributed by atoms with Crippen molar-refractivity contribution in [2.75, 3.05) is 18.4 Å². The maximum Gasteiger partial charge on any atom is 0.433 e. The molecule has 2 aromatic rings. The molecule has 3 rings (SSSR count). The minimum atomic E-state index is -4.51. The zero-order valence-electron chi connectivity index (χ0n) is 13.4. The van der Waals surface area contributed by atoms with Crippen LogP contribution >= 0.6 is 0 Å². The lowest BCUT2D eigenvalue weighted by atomic mass is 10.0. The fourth-order valence-electron chi connectivity index (χ4n) is 2.65. The number of alkyl halides is 3. The SMILES string of the molecule is Cc1nc(C(=O)N2CCC(Nc3cc(C(F)(F)F)ncn3)CC2)co1. The Morgan fingerprint density at radius 1 is 1.32 bits per heavy atom. The normalized spacial score (nSPS) is 16.1. The Kier molecular flexibility index (Phi) is 4.60. The molecule has 134 valence electrons. The van der Waals surface area contributed by atoms with Crippen LogP contribution in [0.25, 0.3) is 0 Å². The molecule has 0 saturated carbocycles. The maximum atomic E-state index is 12.7. The van der Waals surface area contributed by atoms with Crippen LogP contribution < -0.4 is 5.32 Å². The van der Waals surface area contributed by atoms with Crippen molar-refractivity contribution < 1.29 is 22.4 Å². The first-order valence-electron chi connectivity index (χ1n) is 7.70. The number of hydrogen-bond donors (Lipinski definition) is 1. The summed E-state index contributed by atoms with van der Waals surface area (Å²) in [5.41, 5.74) is -0.728. The Morgan fingerprint density at radius 3 is 2.64 bits per heavy atom. The third kappa shape index (κ3) is 4.06. The molecule has 10 heteroatoms. The number of oxazole rings is 1. The Labute approximate surface area is 141 Å². The highest BCUT2D eigenvalue weighted by atomic mass is 19.4. The van der Waals surface area contributed by atoms with Crippen molar-refractivity contribution in [3.63, 3.8) is 0 Å². The van der Waals surface area contributed by atoms with Crippen molar-refractivity contribution in [2.24, 2.45) is 0 Å². The lowest BCUT2D eigenvalue weighted by molar-refractivity contribution is -0.141. The number of amides is 1. The van der Waals surface area contributed by atoms with E-state index in [0.717, 1.165) is 12.4 Å². The molecule has 1 fully saturated rings. The van der Waals surface area contributed by atoms with Crippen LogP contribution in [0.4, 0.5) is 19.0 Å². The van der Waals surface area contributed by atoms with Gasteiger partial charge in [-0.25, -0.2) is 15.0 Å². The molecule has 25 heavy (non-hydrogen) atoms. The van der Waals surface area contributed by atoms with E-state index >= 15 is 0 Å². The molecule has 0 aromatic carbocycles. The average Bonchev–Trinajstić information content (AvgIpc) is 3.01. The summed E-state index contributed by atoms with van der Waals surface area (Å²) >= 11 is 0. The number of carbonyl (C=O) groups excluding carboxylic acids is 1. The summed E-state index contributed by atoms with van der Waals surface area (Å²) in [5, 5.41) is 2.97. The molecule has 0 spiro atoms. The summed E-state index contributed by atoms with van der Waals surface area (Å²) in [6.45, 7) is 2.60. The lowest BCUT2D eigenvalue weighted by Crippen LogP contribution is -2.42. The number of carbonyl (C=O) groups is 1. The Morgan fingerprint density at radius 2 is 2.04 bits per heavy atom. The molecule has 1 N–H and O–H groups in total. The fourth-order valence-corrected chi connectivity index (χ4v) is 2.65. The van der Waals surface area contributed by atoms with Crippen LogP contribution in [-0.4, -0.2) is 44.9 Å². The van der Waals surface area contributed by atoms with Crippen molar-refractivity contribution in [3.8, 4) is 0 Å². The van der Waals surface area contributed by atoms with Crippen molar-refractivity contribution in [3.05, 3.63) is 35.9 Å². The van der Waals surface area contributed by atoms with Crippen molar-refractivity contribution in [1.29, 1.82) is 0 Å². The Balaban J connectivity index is 1.57. The molecule has 0 unspecified atom stereocenters. The summed E-state index contributed by atoms with van der Waals surface area (Å²) in [6, 6.07) is 0.814. The first-order chi connectivity index (χ1) is 11.8. The van der Waals surface area contributed by atoms with Crippen molar-refractivity contribution in [2.45, 2.75) is 32.0 Å². The number of anilines is 1. The largest absolute Gasteiger partial charge is 0.448 e. The molecular weight excluding hydrogens is 339 g/mol. The van der Waals surface area contributed by atoms with Gasteiger partial charge in [0.25, 0.3) is 5.91 Å². The van der Waals surface area contributed by atoms with Gasteiger partial charge in [-0.1, -0.05) is 0 Å². The van der Waals surface area contributed by atoms with E-state index in [9.17, 15) is 18.0 Å². The summed E-state index contributed by atoms with van der Waals surface area (Å²) in [5.74, 6) is 0.333. The van der Waals surface area contributed by atoms with Gasteiger partial charge in [0.15, 0.2) is 11.6 Å². The van der Waals surface area contributed by atoms with Crippen LogP contribution in [0.5, 0.6) is 0 Å². The molecule has 1 aliphatic rings. The molecule has 0 aliphatic carbocycles. The number of halogens is 3. The third-order valence-corrected chi connectivity index (χ3v) is 3.93. The number of hydrogen-bond acceptors (Lipinski definition) is 6. The van der Waals surface area contributed by atoms with E-state index in [2.05, 4.69) is 20.3 Å². The topological polar surface area (TPSA) is 84.2 Å². The molecule has 0 radical (unpaired) electrons. The summed E-state index contributed by atoms with van der Waals surface area (Å²) < 4.78 is 43.1. The van der Waals surface area contributed by atoms with Crippen molar-refractivity contribution in [1.82, 2.24) is 19.9 Å². The highest BCUT2D eigenvalue weighted by Gasteiger charge is 2.33. The van der Waals surface area contributed by atoms with Gasteiger partial charge in [0, 0.05) is 32.1 Å². The molecule has 2 aromatic heterocycles. The second kappa shape index (κ2) is 6.69. The predicted octanol–water partition coefficient (Wildman–Crippen LogP) is 2.51. The number of aromatic nitrogens is 3. The highest BCUT2D eigenvalue weighted by Crippen LogP contribution is 2.28. The molecule has 7 nitrogen and oxygen atoms in total. The van der Waals surface area contributed by atoms with Gasteiger partial charge in [0.2, 0.25) is 0 Å². The number of nitrogens with zero attached hydrogens (tertiary/aromatic N) is 4. The van der Waals surface area contributed by atoms with E-state index < -0.39 is 11.9 Å². The minimum Gasteiger partial charge on any atom is -0.448 e. The van der Waals surface area contributed by atoms with Gasteiger partial charge < -0.3 is 14.6 Å². The van der Waals surface area contributed by atoms with Gasteiger partial charge in [-0.15, -0.1) is 0 Å². The fraction of sp³-hybridized carbons (Fsp3) is 0.467. The van der Waals surface area contributed by atoms with Crippen LogP contribution in [0.2, 0.25) is 0 Å². The van der Waals surface area contributed by atoms with E-state index in [-0.39, 0.29) is 23.5 Å². The number of piperidine rings is 1. The monoisotopic (exact) mass is 355 g/mol. The van der Waals surface area contributed by atoms with Gasteiger partial charge in [0.1, 0.15) is 24.1 Å². The summed E-state index contributed by atoms with van der Waals surface area (Å²) in [7, 11) is 0. The first kappa shape index (κ1) is 17.2. The van der Waals surface area contributed by atoms with Crippen LogP contribution in [0, 0.1) is 6.92 Å². The zero-order chi connectivity index (χ0) is 18.0. The van der Waals surface area contributed by atoms with Gasteiger partial charge in [0.05, 0.1) is 0 Å². The number of rotatable bonds is 3. The maximum absolute atomic E-state index is 12.7. The first-order valence-corrected chi connectivity index (χ1v) is 7.70. The molecule has 0 atom stereocenters. The smallest absolute Gasteiger partial charge is 0.433 e. The van der Waals surface area contributed by atoms with Gasteiger partial charge in [-0.3, -0.25) is 4.79 Å². The van der Waals surface area contributed by atoms with E-state index in [1.165, 1.54) is 6.26 Å². The molecular formula is C15H16F3N5O2. The van der Waals surface area contributed by atoms with Crippen LogP contribution in [0.3, 0.4) is 0 Å². The van der Waals surface area contributed by atoms with E-state index in [1.54, 1.807) is 11.8 Å². The van der Waals surface area contributed by atoms with Crippen LogP contribution in [0.15, 0.2) is 23.1 Å². The summed E-state index contributed by atoms with van der Waals surface area (Å²) in [6.07, 6.45) is -1.12. The third-order valence-electron chi connectivity index (χ3n) is 3.93.